The Balaban J connectivity index is 2.31. The van der Waals surface area contributed by atoms with E-state index >= 15 is 0 Å². The minimum Gasteiger partial charge on any atom is -0.453 e. The van der Waals surface area contributed by atoms with Crippen LogP contribution < -0.4 is 5.32 Å². The third-order valence-corrected chi connectivity index (χ3v) is 1.39. The minimum absolute atomic E-state index is 0.276. The van der Waals surface area contributed by atoms with Gasteiger partial charge in [0.1, 0.15) is 0 Å². The van der Waals surface area contributed by atoms with Crippen molar-refractivity contribution in [2.45, 2.75) is 0 Å². The Morgan fingerprint density at radius 3 is 3.10 bits per heavy atom. The van der Waals surface area contributed by atoms with Gasteiger partial charge in [-0.25, -0.2) is 4.79 Å². The standard InChI is InChI=1S/C6H11N2O2/c1-10-6(9)8-4-2-7-3-5-8/h4,7H,2-3,5H2,1H3. The van der Waals surface area contributed by atoms with Gasteiger partial charge >= 0.3 is 6.09 Å². The maximum Gasteiger partial charge on any atom is 0.409 e. The predicted molar refractivity (Wildman–Crippen MR) is 36.3 cm³/mol. The van der Waals surface area contributed by atoms with Gasteiger partial charge in [0.15, 0.2) is 0 Å². The van der Waals surface area contributed by atoms with Gasteiger partial charge in [-0.1, -0.05) is 0 Å². The van der Waals surface area contributed by atoms with E-state index in [9.17, 15) is 4.79 Å². The first-order chi connectivity index (χ1) is 4.84. The maximum absolute atomic E-state index is 10.8. The fourth-order valence-electron chi connectivity index (χ4n) is 0.851. The van der Waals surface area contributed by atoms with E-state index in [1.807, 2.05) is 0 Å². The van der Waals surface area contributed by atoms with Crippen LogP contribution in [0.5, 0.6) is 0 Å². The molecule has 4 heteroatoms. The van der Waals surface area contributed by atoms with Crippen molar-refractivity contribution >= 4 is 6.09 Å². The molecule has 1 fully saturated rings. The molecular formula is C6H11N2O2. The average molecular weight is 143 g/mol. The number of hydrogen-bond acceptors (Lipinski definition) is 3. The van der Waals surface area contributed by atoms with E-state index in [4.69, 9.17) is 0 Å². The highest BCUT2D eigenvalue weighted by Gasteiger charge is 2.15. The van der Waals surface area contributed by atoms with Gasteiger partial charge in [0.25, 0.3) is 0 Å². The second-order valence-corrected chi connectivity index (χ2v) is 2.05. The van der Waals surface area contributed by atoms with Gasteiger partial charge in [-0.3, -0.25) is 0 Å². The van der Waals surface area contributed by atoms with E-state index in [1.165, 1.54) is 7.11 Å². The molecule has 0 spiro atoms. The van der Waals surface area contributed by atoms with Crippen molar-refractivity contribution in [2.24, 2.45) is 0 Å². The molecule has 57 valence electrons. The van der Waals surface area contributed by atoms with Crippen LogP contribution in [-0.4, -0.2) is 37.7 Å². The molecule has 0 bridgehead atoms. The van der Waals surface area contributed by atoms with Gasteiger partial charge in [-0.2, -0.15) is 0 Å². The Morgan fingerprint density at radius 1 is 1.80 bits per heavy atom. The number of nitrogens with zero attached hydrogens (tertiary/aromatic N) is 1. The zero-order valence-corrected chi connectivity index (χ0v) is 5.96. The summed E-state index contributed by atoms with van der Waals surface area (Å²) in [5, 5.41) is 3.09. The van der Waals surface area contributed by atoms with Gasteiger partial charge in [0, 0.05) is 19.6 Å². The molecule has 0 aromatic rings. The lowest BCUT2D eigenvalue weighted by Crippen LogP contribution is -2.43. The van der Waals surface area contributed by atoms with Gasteiger partial charge in [0.2, 0.25) is 0 Å². The minimum atomic E-state index is -0.276. The molecule has 0 saturated carbocycles. The van der Waals surface area contributed by atoms with Crippen LogP contribution in [0.1, 0.15) is 0 Å². The number of carbonyl (C=O) groups is 1. The second-order valence-electron chi connectivity index (χ2n) is 2.05. The Kier molecular flexibility index (Phi) is 2.50. The smallest absolute Gasteiger partial charge is 0.409 e. The molecule has 0 aliphatic carbocycles. The molecule has 4 nitrogen and oxygen atoms in total. The molecule has 1 rings (SSSR count). The van der Waals surface area contributed by atoms with E-state index in [0.29, 0.717) is 6.54 Å². The van der Waals surface area contributed by atoms with Crippen molar-refractivity contribution in [3.05, 3.63) is 6.54 Å². The largest absolute Gasteiger partial charge is 0.453 e. The number of ether oxygens (including phenoxy) is 1. The van der Waals surface area contributed by atoms with Crippen LogP contribution in [0.2, 0.25) is 0 Å². The second kappa shape index (κ2) is 3.41. The summed E-state index contributed by atoms with van der Waals surface area (Å²) < 4.78 is 4.52. The summed E-state index contributed by atoms with van der Waals surface area (Å²) >= 11 is 0. The van der Waals surface area contributed by atoms with Crippen LogP contribution in [0, 0.1) is 6.54 Å². The molecule has 0 aromatic carbocycles. The zero-order valence-electron chi connectivity index (χ0n) is 5.96. The summed E-state index contributed by atoms with van der Waals surface area (Å²) in [6, 6.07) is 0. The highest BCUT2D eigenvalue weighted by molar-refractivity contribution is 5.68. The van der Waals surface area contributed by atoms with Gasteiger partial charge in [-0.15, -0.1) is 0 Å². The molecule has 1 N–H and O–H groups in total. The van der Waals surface area contributed by atoms with Gasteiger partial charge in [0.05, 0.1) is 13.7 Å². The van der Waals surface area contributed by atoms with Crippen LogP contribution in [0.4, 0.5) is 4.79 Å². The van der Waals surface area contributed by atoms with Crippen LogP contribution in [0.3, 0.4) is 0 Å². The first-order valence-corrected chi connectivity index (χ1v) is 3.23. The summed E-state index contributed by atoms with van der Waals surface area (Å²) in [5.74, 6) is 0. The van der Waals surface area contributed by atoms with E-state index in [2.05, 4.69) is 10.1 Å². The van der Waals surface area contributed by atoms with Crippen molar-refractivity contribution in [3.63, 3.8) is 0 Å². The molecule has 1 aliphatic rings. The topological polar surface area (TPSA) is 41.6 Å². The third kappa shape index (κ3) is 1.60. The molecule has 0 atom stereocenters. The number of hydrogen-bond donors (Lipinski definition) is 1. The first-order valence-electron chi connectivity index (χ1n) is 3.23. The third-order valence-electron chi connectivity index (χ3n) is 1.39. The number of amides is 1. The van der Waals surface area contributed by atoms with Crippen LogP contribution in [0.15, 0.2) is 0 Å². The van der Waals surface area contributed by atoms with E-state index in [-0.39, 0.29) is 6.09 Å². The van der Waals surface area contributed by atoms with Crippen LogP contribution >= 0.6 is 0 Å². The van der Waals surface area contributed by atoms with Gasteiger partial charge < -0.3 is 15.0 Å². The molecule has 10 heavy (non-hydrogen) atoms. The summed E-state index contributed by atoms with van der Waals surface area (Å²) in [6.07, 6.45) is -0.276. The maximum atomic E-state index is 10.8. The van der Waals surface area contributed by atoms with Gasteiger partial charge in [-0.05, 0) is 0 Å². The molecule has 1 radical (unpaired) electrons. The fourth-order valence-corrected chi connectivity index (χ4v) is 0.851. The number of carbonyl (C=O) groups excluding carboxylic acids is 1. The highest BCUT2D eigenvalue weighted by Crippen LogP contribution is 1.98. The monoisotopic (exact) mass is 143 g/mol. The summed E-state index contributed by atoms with van der Waals surface area (Å²) in [7, 11) is 1.39. The molecule has 1 heterocycles. The van der Waals surface area contributed by atoms with Crippen molar-refractivity contribution in [1.29, 1.82) is 0 Å². The van der Waals surface area contributed by atoms with Crippen LogP contribution in [-0.2, 0) is 4.74 Å². The van der Waals surface area contributed by atoms with Crippen molar-refractivity contribution in [2.75, 3.05) is 26.7 Å². The fraction of sp³-hybridized carbons (Fsp3) is 0.667. The zero-order chi connectivity index (χ0) is 7.40. The molecule has 1 amide bonds. The lowest BCUT2D eigenvalue weighted by Gasteiger charge is -2.24. The average Bonchev–Trinajstić information content (AvgIpc) is 2.05. The Bertz CT molecular complexity index is 121. The summed E-state index contributed by atoms with van der Waals surface area (Å²) in [4.78, 5) is 12.4. The van der Waals surface area contributed by atoms with Crippen molar-refractivity contribution < 1.29 is 9.53 Å². The van der Waals surface area contributed by atoms with E-state index < -0.39 is 0 Å². The molecule has 0 aromatic heterocycles. The molecule has 1 saturated heterocycles. The Morgan fingerprint density at radius 2 is 2.60 bits per heavy atom. The van der Waals surface area contributed by atoms with Crippen molar-refractivity contribution in [1.82, 2.24) is 10.2 Å². The number of nitrogens with one attached hydrogen (secondary N) is 1. The number of rotatable bonds is 0. The summed E-state index contributed by atoms with van der Waals surface area (Å²) in [5.41, 5.74) is 0. The quantitative estimate of drug-likeness (QED) is 0.511. The number of piperazine rings is 1. The lowest BCUT2D eigenvalue weighted by molar-refractivity contribution is 0.129. The van der Waals surface area contributed by atoms with E-state index in [1.54, 1.807) is 11.4 Å². The highest BCUT2D eigenvalue weighted by atomic mass is 16.5. The Hall–Kier alpha value is -0.770. The Labute approximate surface area is 60.1 Å². The van der Waals surface area contributed by atoms with Crippen molar-refractivity contribution in [3.8, 4) is 0 Å². The molecular weight excluding hydrogens is 132 g/mol. The summed E-state index contributed by atoms with van der Waals surface area (Å²) in [6.45, 7) is 4.07. The van der Waals surface area contributed by atoms with E-state index in [0.717, 1.165) is 13.1 Å². The first kappa shape index (κ1) is 7.34. The predicted octanol–water partition coefficient (Wildman–Crippen LogP) is -0.180. The SMILES string of the molecule is COC(=O)N1[CH]CNCC1. The molecule has 1 aliphatic heterocycles. The molecule has 0 unspecified atom stereocenters. The lowest BCUT2D eigenvalue weighted by atomic mass is 10.4. The van der Waals surface area contributed by atoms with Crippen LogP contribution in [0.25, 0.3) is 0 Å². The number of methoxy groups -OCH3 is 1. The normalized spacial score (nSPS) is 18.7.